The second-order valence-electron chi connectivity index (χ2n) is 10.4. The lowest BCUT2D eigenvalue weighted by Gasteiger charge is -2.21. The smallest absolute Gasteiger partial charge is 0.254 e. The van der Waals surface area contributed by atoms with Crippen LogP contribution in [0, 0.1) is 20.8 Å². The van der Waals surface area contributed by atoms with Crippen LogP contribution in [0.25, 0.3) is 22.2 Å². The minimum atomic E-state index is -0.0842. The maximum Gasteiger partial charge on any atom is 0.254 e. The average molecular weight is 610 g/mol. The van der Waals surface area contributed by atoms with Crippen molar-refractivity contribution in [2.75, 3.05) is 14.2 Å². The van der Waals surface area contributed by atoms with Crippen LogP contribution < -0.4 is 9.47 Å². The Morgan fingerprint density at radius 2 is 1.61 bits per heavy atom. The molecule has 0 bridgehead atoms. The van der Waals surface area contributed by atoms with E-state index in [9.17, 15) is 4.79 Å². The number of carbonyl (C=O) groups excluding carboxylic acids is 1. The highest BCUT2D eigenvalue weighted by Crippen LogP contribution is 2.30. The van der Waals surface area contributed by atoms with Crippen LogP contribution in [0.5, 0.6) is 11.5 Å². The van der Waals surface area contributed by atoms with Crippen LogP contribution >= 0.6 is 15.9 Å². The third-order valence-electron chi connectivity index (χ3n) is 7.14. The van der Waals surface area contributed by atoms with Crippen LogP contribution in [0.1, 0.15) is 38.2 Å². The molecule has 6 heteroatoms. The number of benzene rings is 4. The quantitative estimate of drug-likeness (QED) is 0.177. The van der Waals surface area contributed by atoms with Gasteiger partial charge < -0.3 is 14.4 Å². The molecular formula is C35H33BrN2O3. The van der Waals surface area contributed by atoms with Crippen molar-refractivity contribution >= 4 is 32.7 Å². The van der Waals surface area contributed by atoms with E-state index in [0.717, 1.165) is 54.6 Å². The van der Waals surface area contributed by atoms with E-state index in [0.29, 0.717) is 24.5 Å². The highest BCUT2D eigenvalue weighted by atomic mass is 79.9. The summed E-state index contributed by atoms with van der Waals surface area (Å²) in [4.78, 5) is 20.6. The lowest BCUT2D eigenvalue weighted by Crippen LogP contribution is -2.26. The molecule has 208 valence electrons. The maximum atomic E-state index is 13.9. The van der Waals surface area contributed by atoms with Gasteiger partial charge in [0.05, 0.1) is 23.9 Å². The summed E-state index contributed by atoms with van der Waals surface area (Å²) in [5, 5.41) is 0.759. The zero-order valence-electron chi connectivity index (χ0n) is 24.0. The number of amides is 1. The average Bonchev–Trinajstić information content (AvgIpc) is 2.96. The molecule has 0 fully saturated rings. The number of fused-ring (bicyclic) bond motifs is 1. The van der Waals surface area contributed by atoms with E-state index < -0.39 is 0 Å². The molecule has 0 saturated heterocycles. The number of methoxy groups -OCH3 is 1. The van der Waals surface area contributed by atoms with Gasteiger partial charge in [-0.25, -0.2) is 4.98 Å². The Morgan fingerprint density at radius 3 is 2.29 bits per heavy atom. The van der Waals surface area contributed by atoms with Gasteiger partial charge in [0.15, 0.2) is 0 Å². The molecule has 4 aromatic carbocycles. The van der Waals surface area contributed by atoms with Crippen LogP contribution in [0.3, 0.4) is 0 Å². The lowest BCUT2D eigenvalue weighted by atomic mass is 10.0. The molecular weight excluding hydrogens is 576 g/mol. The van der Waals surface area contributed by atoms with Crippen molar-refractivity contribution in [3.8, 4) is 22.8 Å². The van der Waals surface area contributed by atoms with Gasteiger partial charge >= 0.3 is 0 Å². The van der Waals surface area contributed by atoms with E-state index >= 15 is 0 Å². The molecule has 0 spiro atoms. The fourth-order valence-electron chi connectivity index (χ4n) is 5.14. The topological polar surface area (TPSA) is 51.7 Å². The second-order valence-corrected chi connectivity index (χ2v) is 11.4. The molecule has 1 aromatic heterocycles. The van der Waals surface area contributed by atoms with E-state index in [4.69, 9.17) is 14.5 Å². The molecule has 0 aliphatic heterocycles. The van der Waals surface area contributed by atoms with Crippen molar-refractivity contribution < 1.29 is 14.3 Å². The molecule has 1 amide bonds. The third kappa shape index (κ3) is 6.44. The zero-order chi connectivity index (χ0) is 29.1. The summed E-state index contributed by atoms with van der Waals surface area (Å²) >= 11 is 3.50. The van der Waals surface area contributed by atoms with E-state index in [1.54, 1.807) is 12.0 Å². The van der Waals surface area contributed by atoms with Crippen LogP contribution in [0.2, 0.25) is 0 Å². The van der Waals surface area contributed by atoms with E-state index in [-0.39, 0.29) is 5.91 Å². The van der Waals surface area contributed by atoms with Gasteiger partial charge in [-0.05, 0) is 79.4 Å². The first-order valence-corrected chi connectivity index (χ1v) is 14.3. The Morgan fingerprint density at radius 1 is 0.878 bits per heavy atom. The molecule has 1 heterocycles. The Labute approximate surface area is 249 Å². The van der Waals surface area contributed by atoms with Gasteiger partial charge in [0, 0.05) is 29.0 Å². The summed E-state index contributed by atoms with van der Waals surface area (Å²) in [6, 6.07) is 28.0. The van der Waals surface area contributed by atoms with Crippen molar-refractivity contribution in [2.45, 2.75) is 33.9 Å². The molecule has 5 rings (SSSR count). The number of rotatable bonds is 8. The maximum absolute atomic E-state index is 13.9. The van der Waals surface area contributed by atoms with Gasteiger partial charge in [0.25, 0.3) is 5.91 Å². The first-order valence-electron chi connectivity index (χ1n) is 13.5. The molecule has 0 N–H and O–H groups in total. The van der Waals surface area contributed by atoms with Gasteiger partial charge in [0.2, 0.25) is 0 Å². The lowest BCUT2D eigenvalue weighted by molar-refractivity contribution is 0.0787. The predicted molar refractivity (Wildman–Crippen MR) is 169 cm³/mol. The number of hydrogen-bond acceptors (Lipinski definition) is 4. The minimum Gasteiger partial charge on any atom is -0.497 e. The summed E-state index contributed by atoms with van der Waals surface area (Å²) in [6.45, 7) is 7.16. The fourth-order valence-corrected chi connectivity index (χ4v) is 5.41. The molecule has 5 aromatic rings. The minimum absolute atomic E-state index is 0.0842. The summed E-state index contributed by atoms with van der Waals surface area (Å²) in [5.74, 6) is 1.48. The van der Waals surface area contributed by atoms with Crippen molar-refractivity contribution in [3.05, 3.63) is 123 Å². The molecule has 0 radical (unpaired) electrons. The molecule has 0 atom stereocenters. The van der Waals surface area contributed by atoms with Crippen molar-refractivity contribution in [3.63, 3.8) is 0 Å². The SMILES string of the molecule is COc1ccc2nc(-c3ccc(Br)cc3)cc(C(=O)N(C)Cc3cc(C)c(OCc4cccc(C)c4)c(C)c3)c2c1. The summed E-state index contributed by atoms with van der Waals surface area (Å²) in [7, 11) is 3.46. The number of nitrogens with zero attached hydrogens (tertiary/aromatic N) is 2. The van der Waals surface area contributed by atoms with Crippen molar-refractivity contribution in [1.29, 1.82) is 0 Å². The first kappa shape index (κ1) is 28.4. The van der Waals surface area contributed by atoms with E-state index in [1.807, 2.05) is 61.6 Å². The molecule has 0 saturated carbocycles. The van der Waals surface area contributed by atoms with E-state index in [2.05, 4.69) is 67.0 Å². The standard InChI is InChI=1S/C35H33BrN2O3/c1-22-7-6-8-25(15-22)21-41-34-23(2)16-26(17-24(34)3)20-38(4)35(39)31-19-33(27-9-11-28(36)12-10-27)37-32-14-13-29(40-5)18-30(31)32/h6-19H,20-21H2,1-5H3. The van der Waals surface area contributed by atoms with Gasteiger partial charge in [-0.2, -0.15) is 0 Å². The van der Waals surface area contributed by atoms with Crippen molar-refractivity contribution in [2.24, 2.45) is 0 Å². The largest absolute Gasteiger partial charge is 0.497 e. The fraction of sp³-hybridized carbons (Fsp3) is 0.200. The number of halogens is 1. The molecule has 0 aliphatic carbocycles. The van der Waals surface area contributed by atoms with E-state index in [1.165, 1.54) is 5.56 Å². The number of pyridine rings is 1. The zero-order valence-corrected chi connectivity index (χ0v) is 25.6. The van der Waals surface area contributed by atoms with Crippen LogP contribution in [0.15, 0.2) is 89.4 Å². The number of hydrogen-bond donors (Lipinski definition) is 0. The van der Waals surface area contributed by atoms with Gasteiger partial charge in [-0.3, -0.25) is 4.79 Å². The normalized spacial score (nSPS) is 11.0. The Bertz CT molecular complexity index is 1710. The monoisotopic (exact) mass is 608 g/mol. The second kappa shape index (κ2) is 12.1. The van der Waals surface area contributed by atoms with Gasteiger partial charge in [-0.15, -0.1) is 0 Å². The number of ether oxygens (including phenoxy) is 2. The number of aromatic nitrogens is 1. The van der Waals surface area contributed by atoms with Gasteiger partial charge in [-0.1, -0.05) is 70.0 Å². The van der Waals surface area contributed by atoms with Crippen LogP contribution in [0.4, 0.5) is 0 Å². The predicted octanol–water partition coefficient (Wildman–Crippen LogP) is 8.45. The first-order chi connectivity index (χ1) is 19.7. The highest BCUT2D eigenvalue weighted by molar-refractivity contribution is 9.10. The molecule has 41 heavy (non-hydrogen) atoms. The molecule has 5 nitrogen and oxygen atoms in total. The van der Waals surface area contributed by atoms with Crippen molar-refractivity contribution in [1.82, 2.24) is 9.88 Å². The van der Waals surface area contributed by atoms with Gasteiger partial charge in [0.1, 0.15) is 18.1 Å². The highest BCUT2D eigenvalue weighted by Gasteiger charge is 2.19. The Balaban J connectivity index is 1.42. The summed E-state index contributed by atoms with van der Waals surface area (Å²) in [5.41, 5.74) is 8.50. The summed E-state index contributed by atoms with van der Waals surface area (Å²) in [6.07, 6.45) is 0. The number of aryl methyl sites for hydroxylation is 3. The summed E-state index contributed by atoms with van der Waals surface area (Å²) < 4.78 is 12.7. The Hall–Kier alpha value is -4.16. The third-order valence-corrected chi connectivity index (χ3v) is 7.67. The van der Waals surface area contributed by atoms with Crippen LogP contribution in [-0.2, 0) is 13.2 Å². The Kier molecular flexibility index (Phi) is 8.41. The molecule has 0 aliphatic rings. The number of carbonyl (C=O) groups is 1. The molecule has 0 unspecified atom stereocenters. The van der Waals surface area contributed by atoms with Crippen LogP contribution in [-0.4, -0.2) is 29.9 Å².